The summed E-state index contributed by atoms with van der Waals surface area (Å²) in [6.07, 6.45) is 0. The maximum absolute atomic E-state index is 13.5. The SMILES string of the molecule is COC(=O)c1sc(N2C(=O)C(=O)C(=C(O)c3ccc4c(c3)OCCO4)[C@H]2c2cc(Br)c(O)c(OC)c2)nc1C. The second-order valence-corrected chi connectivity index (χ2v) is 10.3. The molecular weight excluding hydrogens is 596 g/mol. The molecule has 2 aliphatic rings. The number of phenolic OH excluding ortho intramolecular Hbond substituents is 1. The smallest absolute Gasteiger partial charge is 0.350 e. The molecule has 0 radical (unpaired) electrons. The lowest BCUT2D eigenvalue weighted by Crippen LogP contribution is -2.29. The summed E-state index contributed by atoms with van der Waals surface area (Å²) in [6.45, 7) is 2.27. The van der Waals surface area contributed by atoms with Crippen molar-refractivity contribution in [2.24, 2.45) is 0 Å². The van der Waals surface area contributed by atoms with Crippen LogP contribution in [0.3, 0.4) is 0 Å². The number of aromatic hydroxyl groups is 1. The van der Waals surface area contributed by atoms with Gasteiger partial charge in [-0.25, -0.2) is 9.78 Å². The van der Waals surface area contributed by atoms with E-state index in [0.29, 0.717) is 36.0 Å². The first-order valence-electron chi connectivity index (χ1n) is 11.5. The van der Waals surface area contributed by atoms with Crippen molar-refractivity contribution in [1.82, 2.24) is 4.98 Å². The summed E-state index contributed by atoms with van der Waals surface area (Å²) in [7, 11) is 2.57. The van der Waals surface area contributed by atoms with E-state index in [1.54, 1.807) is 19.1 Å². The molecule has 0 unspecified atom stereocenters. The number of amides is 1. The number of carbonyl (C=O) groups is 3. The summed E-state index contributed by atoms with van der Waals surface area (Å²) in [5.74, 6) is -2.30. The lowest BCUT2D eigenvalue weighted by atomic mass is 9.95. The Kier molecular flexibility index (Phi) is 6.95. The van der Waals surface area contributed by atoms with E-state index >= 15 is 0 Å². The molecular formula is C26H21BrN2O9S. The Balaban J connectivity index is 1.74. The van der Waals surface area contributed by atoms with E-state index in [1.807, 2.05) is 0 Å². The number of carbonyl (C=O) groups excluding carboxylic acids is 3. The van der Waals surface area contributed by atoms with Gasteiger partial charge in [-0.05, 0) is 58.7 Å². The predicted octanol–water partition coefficient (Wildman–Crippen LogP) is 4.11. The molecule has 2 N–H and O–H groups in total. The van der Waals surface area contributed by atoms with Gasteiger partial charge in [-0.1, -0.05) is 11.3 Å². The highest BCUT2D eigenvalue weighted by Crippen LogP contribution is 2.47. The number of aromatic nitrogens is 1. The van der Waals surface area contributed by atoms with Gasteiger partial charge < -0.3 is 29.2 Å². The minimum Gasteiger partial charge on any atom is -0.507 e. The Morgan fingerprint density at radius 3 is 2.56 bits per heavy atom. The number of aliphatic hydroxyl groups excluding tert-OH is 1. The summed E-state index contributed by atoms with van der Waals surface area (Å²) in [4.78, 5) is 44.9. The Bertz CT molecular complexity index is 1560. The largest absolute Gasteiger partial charge is 0.507 e. The second kappa shape index (κ2) is 10.2. The topological polar surface area (TPSA) is 145 Å². The quantitative estimate of drug-likeness (QED) is 0.186. The predicted molar refractivity (Wildman–Crippen MR) is 143 cm³/mol. The van der Waals surface area contributed by atoms with Gasteiger partial charge in [0, 0.05) is 5.56 Å². The zero-order valence-corrected chi connectivity index (χ0v) is 23.2. The average Bonchev–Trinajstić information content (AvgIpc) is 3.45. The number of nitrogens with zero attached hydrogens (tertiary/aromatic N) is 2. The van der Waals surface area contributed by atoms with Crippen molar-refractivity contribution in [2.75, 3.05) is 32.3 Å². The average molecular weight is 617 g/mol. The number of aryl methyl sites for hydroxylation is 1. The standard InChI is InChI=1S/C26H21BrN2O9S/c1-11-23(25(34)36-3)39-26(28-11)29-19(13-8-14(27)21(31)17(10-13)35-2)18(22(32)24(29)33)20(30)12-4-5-15-16(9-12)38-7-6-37-15/h4-5,8-10,19,30-31H,6-7H2,1-3H3/t19-/m1/s1. The van der Waals surface area contributed by atoms with Gasteiger partial charge in [-0.3, -0.25) is 14.5 Å². The molecule has 1 fully saturated rings. The first kappa shape index (κ1) is 26.5. The number of rotatable bonds is 5. The molecule has 39 heavy (non-hydrogen) atoms. The number of anilines is 1. The number of benzene rings is 2. The minimum atomic E-state index is -1.19. The van der Waals surface area contributed by atoms with E-state index in [1.165, 1.54) is 32.4 Å². The van der Waals surface area contributed by atoms with Gasteiger partial charge in [0.15, 0.2) is 28.1 Å². The molecule has 0 saturated carbocycles. The van der Waals surface area contributed by atoms with Crippen molar-refractivity contribution in [3.8, 4) is 23.0 Å². The molecule has 202 valence electrons. The fraction of sp³-hybridized carbons (Fsp3) is 0.231. The molecule has 11 nitrogen and oxygen atoms in total. The summed E-state index contributed by atoms with van der Waals surface area (Å²) in [6, 6.07) is 6.42. The van der Waals surface area contributed by atoms with Crippen molar-refractivity contribution in [1.29, 1.82) is 0 Å². The maximum Gasteiger partial charge on any atom is 0.350 e. The van der Waals surface area contributed by atoms with Crippen LogP contribution in [0.1, 0.15) is 32.5 Å². The molecule has 0 bridgehead atoms. The van der Waals surface area contributed by atoms with Crippen LogP contribution in [0.15, 0.2) is 40.4 Å². The van der Waals surface area contributed by atoms with Crippen molar-refractivity contribution in [2.45, 2.75) is 13.0 Å². The molecule has 13 heteroatoms. The highest BCUT2D eigenvalue weighted by Gasteiger charge is 2.49. The first-order valence-corrected chi connectivity index (χ1v) is 13.1. The number of ketones is 1. The van der Waals surface area contributed by atoms with E-state index in [9.17, 15) is 24.6 Å². The van der Waals surface area contributed by atoms with E-state index in [2.05, 4.69) is 20.9 Å². The highest BCUT2D eigenvalue weighted by molar-refractivity contribution is 9.10. The third-order valence-corrected chi connectivity index (χ3v) is 7.95. The molecule has 3 aromatic rings. The van der Waals surface area contributed by atoms with Gasteiger partial charge >= 0.3 is 11.9 Å². The summed E-state index contributed by atoms with van der Waals surface area (Å²) >= 11 is 4.15. The summed E-state index contributed by atoms with van der Waals surface area (Å²) in [5.41, 5.74) is 0.613. The van der Waals surface area contributed by atoms with Gasteiger partial charge in [0.25, 0.3) is 5.78 Å². The number of fused-ring (bicyclic) bond motifs is 1. The number of halogens is 1. The van der Waals surface area contributed by atoms with Crippen molar-refractivity contribution in [3.05, 3.63) is 62.1 Å². The van der Waals surface area contributed by atoms with E-state index in [4.69, 9.17) is 18.9 Å². The molecule has 0 spiro atoms. The summed E-state index contributed by atoms with van der Waals surface area (Å²) < 4.78 is 21.5. The van der Waals surface area contributed by atoms with Gasteiger partial charge in [0.05, 0.1) is 36.0 Å². The molecule has 0 aliphatic carbocycles. The molecule has 5 rings (SSSR count). The van der Waals surface area contributed by atoms with Crippen LogP contribution in [0.25, 0.3) is 5.76 Å². The van der Waals surface area contributed by atoms with Crippen LogP contribution in [-0.2, 0) is 14.3 Å². The van der Waals surface area contributed by atoms with Crippen molar-refractivity contribution < 1.29 is 43.5 Å². The van der Waals surface area contributed by atoms with E-state index in [-0.39, 0.29) is 37.1 Å². The van der Waals surface area contributed by atoms with Crippen LogP contribution in [0.5, 0.6) is 23.0 Å². The first-order chi connectivity index (χ1) is 18.7. The highest BCUT2D eigenvalue weighted by atomic mass is 79.9. The zero-order valence-electron chi connectivity index (χ0n) is 20.8. The minimum absolute atomic E-state index is 0.0457. The lowest BCUT2D eigenvalue weighted by molar-refractivity contribution is -0.132. The number of thiazole rings is 1. The second-order valence-electron chi connectivity index (χ2n) is 8.48. The molecule has 2 aromatic carbocycles. The number of Topliss-reactive ketones (excluding diaryl/α,β-unsaturated/α-hetero) is 1. The zero-order chi connectivity index (χ0) is 28.0. The number of aliphatic hydroxyl groups is 1. The Morgan fingerprint density at radius 2 is 1.87 bits per heavy atom. The van der Waals surface area contributed by atoms with E-state index in [0.717, 1.165) is 16.2 Å². The number of phenols is 1. The van der Waals surface area contributed by atoms with Gasteiger partial charge in [0.1, 0.15) is 23.9 Å². The van der Waals surface area contributed by atoms with Gasteiger partial charge in [-0.15, -0.1) is 0 Å². The number of ether oxygens (including phenoxy) is 4. The number of esters is 1. The Morgan fingerprint density at radius 1 is 1.15 bits per heavy atom. The van der Waals surface area contributed by atoms with Gasteiger partial charge in [0.2, 0.25) is 0 Å². The molecule has 1 atom stereocenters. The van der Waals surface area contributed by atoms with Crippen LogP contribution < -0.4 is 19.1 Å². The fourth-order valence-corrected chi connectivity index (χ4v) is 5.84. The number of methoxy groups -OCH3 is 2. The number of hydrogen-bond acceptors (Lipinski definition) is 11. The lowest BCUT2D eigenvalue weighted by Gasteiger charge is -2.24. The summed E-state index contributed by atoms with van der Waals surface area (Å²) in [5, 5.41) is 21.9. The molecule has 1 saturated heterocycles. The Hall–Kier alpha value is -4.10. The van der Waals surface area contributed by atoms with Crippen LogP contribution in [-0.4, -0.2) is 60.3 Å². The van der Waals surface area contributed by atoms with E-state index < -0.39 is 29.5 Å². The third-order valence-electron chi connectivity index (χ3n) is 6.21. The third kappa shape index (κ3) is 4.46. The normalized spacial score (nSPS) is 17.8. The van der Waals surface area contributed by atoms with Crippen molar-refractivity contribution in [3.63, 3.8) is 0 Å². The molecule has 3 heterocycles. The van der Waals surface area contributed by atoms with Gasteiger partial charge in [-0.2, -0.15) is 0 Å². The molecule has 1 amide bonds. The molecule has 2 aliphatic heterocycles. The molecule has 1 aromatic heterocycles. The Labute approximate surface area is 234 Å². The number of hydrogen-bond donors (Lipinski definition) is 2. The van der Waals surface area contributed by atoms with Crippen LogP contribution >= 0.6 is 27.3 Å². The maximum atomic E-state index is 13.5. The van der Waals surface area contributed by atoms with Crippen LogP contribution in [0, 0.1) is 6.92 Å². The van der Waals surface area contributed by atoms with Crippen LogP contribution in [0.2, 0.25) is 0 Å². The van der Waals surface area contributed by atoms with Crippen molar-refractivity contribution >= 4 is 55.8 Å². The van der Waals surface area contributed by atoms with Crippen LogP contribution in [0.4, 0.5) is 5.13 Å². The monoisotopic (exact) mass is 616 g/mol. The fourth-order valence-electron chi connectivity index (χ4n) is 4.37.